The smallest absolute Gasteiger partial charge is 0.268 e. The van der Waals surface area contributed by atoms with E-state index in [2.05, 4.69) is 4.98 Å². The van der Waals surface area contributed by atoms with Crippen LogP contribution in [-0.4, -0.2) is 10.1 Å². The number of rotatable bonds is 1. The van der Waals surface area contributed by atoms with Gasteiger partial charge in [-0.2, -0.15) is 0 Å². The van der Waals surface area contributed by atoms with Gasteiger partial charge >= 0.3 is 0 Å². The normalized spacial score (nSPS) is 10.7. The fraction of sp³-hybridized carbons (Fsp3) is 0.167. The summed E-state index contributed by atoms with van der Waals surface area (Å²) in [6.07, 6.45) is -1.82. The third kappa shape index (κ3) is 1.57. The molecule has 6 heteroatoms. The second-order valence-corrected chi connectivity index (χ2v) is 3.14. The molecule has 1 rings (SSSR count). The molecule has 0 atom stereocenters. The third-order valence-corrected chi connectivity index (χ3v) is 2.42. The van der Waals surface area contributed by atoms with Crippen LogP contribution in [0, 0.1) is 3.57 Å². The number of nitrogens with zero attached hydrogens (tertiary/aromatic N) is 1. The van der Waals surface area contributed by atoms with E-state index in [1.54, 1.807) is 22.6 Å². The van der Waals surface area contributed by atoms with Crippen LogP contribution in [0.1, 0.15) is 12.0 Å². The largest absolute Gasteiger partial charge is 0.506 e. The molecule has 0 radical (unpaired) electrons. The van der Waals surface area contributed by atoms with E-state index in [0.29, 0.717) is 0 Å². The average Bonchev–Trinajstić information content (AvgIpc) is 1.97. The first-order valence-corrected chi connectivity index (χ1v) is 4.03. The van der Waals surface area contributed by atoms with Gasteiger partial charge in [0.15, 0.2) is 0 Å². The van der Waals surface area contributed by atoms with E-state index in [4.69, 9.17) is 10.8 Å². The molecule has 66 valence electrons. The Balaban J connectivity index is 3.33. The lowest BCUT2D eigenvalue weighted by atomic mass is 10.2. The van der Waals surface area contributed by atoms with Crippen molar-refractivity contribution < 1.29 is 13.9 Å². The van der Waals surface area contributed by atoms with E-state index in [1.165, 1.54) is 0 Å². The Bertz CT molecular complexity index is 306. The fourth-order valence-electron chi connectivity index (χ4n) is 0.715. The molecule has 1 heterocycles. The Morgan fingerprint density at radius 3 is 2.58 bits per heavy atom. The number of hydrogen-bond acceptors (Lipinski definition) is 3. The van der Waals surface area contributed by atoms with E-state index in [0.717, 1.165) is 6.20 Å². The molecule has 0 spiro atoms. The Morgan fingerprint density at radius 2 is 2.17 bits per heavy atom. The number of anilines is 1. The highest BCUT2D eigenvalue weighted by Crippen LogP contribution is 2.33. The summed E-state index contributed by atoms with van der Waals surface area (Å²) in [6.45, 7) is 0. The molecule has 12 heavy (non-hydrogen) atoms. The molecule has 1 aromatic heterocycles. The van der Waals surface area contributed by atoms with Crippen LogP contribution < -0.4 is 5.73 Å². The molecule has 3 N–H and O–H groups in total. The van der Waals surface area contributed by atoms with Crippen LogP contribution in [0.15, 0.2) is 6.20 Å². The minimum atomic E-state index is -2.73. The SMILES string of the molecule is Nc1ncc(O)c(C(F)F)c1I. The van der Waals surface area contributed by atoms with Gasteiger partial charge in [0, 0.05) is 0 Å². The molecule has 0 amide bonds. The predicted molar refractivity (Wildman–Crippen MR) is 48.0 cm³/mol. The van der Waals surface area contributed by atoms with Crippen LogP contribution in [0.2, 0.25) is 0 Å². The molecule has 0 aliphatic carbocycles. The lowest BCUT2D eigenvalue weighted by Crippen LogP contribution is -1.99. The Labute approximate surface area is 80.7 Å². The summed E-state index contributed by atoms with van der Waals surface area (Å²) in [5.41, 5.74) is 4.81. The minimum absolute atomic E-state index is 0.00343. The number of hydrogen-bond donors (Lipinski definition) is 2. The standard InChI is InChI=1S/C6H5F2IN2O/c7-5(8)3-2(12)1-11-6(10)4(3)9/h1,5,12H,(H2,10,11). The van der Waals surface area contributed by atoms with Gasteiger partial charge in [-0.1, -0.05) is 0 Å². The van der Waals surface area contributed by atoms with Crippen LogP contribution in [0.3, 0.4) is 0 Å². The summed E-state index contributed by atoms with van der Waals surface area (Å²) in [5, 5.41) is 8.98. The van der Waals surface area contributed by atoms with E-state index in [9.17, 15) is 8.78 Å². The molecule has 0 aliphatic rings. The zero-order valence-electron chi connectivity index (χ0n) is 5.76. The minimum Gasteiger partial charge on any atom is -0.506 e. The molecular formula is C6H5F2IN2O. The fourth-order valence-corrected chi connectivity index (χ4v) is 1.37. The topological polar surface area (TPSA) is 59.1 Å². The van der Waals surface area contributed by atoms with Crippen LogP contribution in [0.4, 0.5) is 14.6 Å². The first kappa shape index (κ1) is 9.43. The van der Waals surface area contributed by atoms with Crippen molar-refractivity contribution in [1.82, 2.24) is 4.98 Å². The van der Waals surface area contributed by atoms with Gasteiger partial charge in [-0.25, -0.2) is 13.8 Å². The number of aromatic hydroxyl groups is 1. The van der Waals surface area contributed by atoms with Crippen molar-refractivity contribution >= 4 is 28.4 Å². The maximum absolute atomic E-state index is 12.2. The molecule has 0 aromatic carbocycles. The summed E-state index contributed by atoms with van der Waals surface area (Å²) in [5.74, 6) is -0.521. The predicted octanol–water partition coefficient (Wildman–Crippen LogP) is 1.91. The van der Waals surface area contributed by atoms with Crippen molar-refractivity contribution in [1.29, 1.82) is 0 Å². The van der Waals surface area contributed by atoms with E-state index in [1.807, 2.05) is 0 Å². The Hall–Kier alpha value is -0.660. The molecule has 0 unspecified atom stereocenters. The van der Waals surface area contributed by atoms with Crippen LogP contribution in [0.5, 0.6) is 5.75 Å². The monoisotopic (exact) mass is 286 g/mol. The number of aromatic nitrogens is 1. The van der Waals surface area contributed by atoms with Gasteiger partial charge in [-0.05, 0) is 22.6 Å². The summed E-state index contributed by atoms with van der Waals surface area (Å²) in [4.78, 5) is 3.51. The maximum Gasteiger partial charge on any atom is 0.268 e. The first-order chi connectivity index (χ1) is 5.54. The maximum atomic E-state index is 12.2. The molecular weight excluding hydrogens is 281 g/mol. The van der Waals surface area contributed by atoms with Gasteiger partial charge in [-0.3, -0.25) is 0 Å². The molecule has 1 aromatic rings. The van der Waals surface area contributed by atoms with Crippen LogP contribution >= 0.6 is 22.6 Å². The Kier molecular flexibility index (Phi) is 2.65. The van der Waals surface area contributed by atoms with Gasteiger partial charge in [0.05, 0.1) is 15.3 Å². The lowest BCUT2D eigenvalue weighted by molar-refractivity contribution is 0.146. The number of halogens is 3. The molecule has 0 saturated heterocycles. The van der Waals surface area contributed by atoms with Gasteiger partial charge in [-0.15, -0.1) is 0 Å². The molecule has 0 saturated carbocycles. The summed E-state index contributed by atoms with van der Waals surface area (Å²) < 4.78 is 24.5. The highest BCUT2D eigenvalue weighted by Gasteiger charge is 2.18. The third-order valence-electron chi connectivity index (χ3n) is 1.28. The quantitative estimate of drug-likeness (QED) is 0.775. The first-order valence-electron chi connectivity index (χ1n) is 2.95. The van der Waals surface area contributed by atoms with E-state index >= 15 is 0 Å². The molecule has 0 aliphatic heterocycles. The van der Waals surface area contributed by atoms with Crippen LogP contribution in [-0.2, 0) is 0 Å². The van der Waals surface area contributed by atoms with Gasteiger partial charge in [0.25, 0.3) is 6.43 Å². The number of nitrogen functional groups attached to an aromatic ring is 1. The van der Waals surface area contributed by atoms with Crippen molar-refractivity contribution in [2.24, 2.45) is 0 Å². The van der Waals surface area contributed by atoms with E-state index < -0.39 is 17.7 Å². The number of pyridine rings is 1. The van der Waals surface area contributed by atoms with Crippen LogP contribution in [0.25, 0.3) is 0 Å². The number of alkyl halides is 2. The van der Waals surface area contributed by atoms with Crippen molar-refractivity contribution in [3.8, 4) is 5.75 Å². The summed E-state index contributed by atoms with van der Waals surface area (Å²) in [7, 11) is 0. The van der Waals surface area contributed by atoms with Gasteiger partial charge in [0.1, 0.15) is 11.6 Å². The average molecular weight is 286 g/mol. The van der Waals surface area contributed by atoms with Crippen molar-refractivity contribution in [2.75, 3.05) is 5.73 Å². The summed E-state index contributed by atoms with van der Waals surface area (Å²) in [6, 6.07) is 0. The molecule has 0 bridgehead atoms. The summed E-state index contributed by atoms with van der Waals surface area (Å²) >= 11 is 1.62. The molecule has 3 nitrogen and oxygen atoms in total. The van der Waals surface area contributed by atoms with Crippen molar-refractivity contribution in [3.05, 3.63) is 15.3 Å². The zero-order valence-corrected chi connectivity index (χ0v) is 7.92. The van der Waals surface area contributed by atoms with E-state index in [-0.39, 0.29) is 9.39 Å². The Morgan fingerprint density at radius 1 is 1.58 bits per heavy atom. The lowest BCUT2D eigenvalue weighted by Gasteiger charge is -2.06. The van der Waals surface area contributed by atoms with Crippen molar-refractivity contribution in [2.45, 2.75) is 6.43 Å². The highest BCUT2D eigenvalue weighted by atomic mass is 127. The second kappa shape index (κ2) is 3.38. The second-order valence-electron chi connectivity index (χ2n) is 2.06. The van der Waals surface area contributed by atoms with Gasteiger partial charge < -0.3 is 10.8 Å². The van der Waals surface area contributed by atoms with Gasteiger partial charge in [0.2, 0.25) is 0 Å². The van der Waals surface area contributed by atoms with Crippen molar-refractivity contribution in [3.63, 3.8) is 0 Å². The highest BCUT2D eigenvalue weighted by molar-refractivity contribution is 14.1. The molecule has 0 fully saturated rings. The number of nitrogens with two attached hydrogens (primary N) is 1. The zero-order chi connectivity index (χ0) is 9.30.